The lowest BCUT2D eigenvalue weighted by atomic mass is 10.1. The highest BCUT2D eigenvalue weighted by atomic mass is 35.5. The molecule has 0 radical (unpaired) electrons. The lowest BCUT2D eigenvalue weighted by Crippen LogP contribution is -2.16. The van der Waals surface area contributed by atoms with Crippen molar-refractivity contribution in [1.82, 2.24) is 0 Å². The average molecular weight is 329 g/mol. The maximum absolute atomic E-state index is 13.7. The van der Waals surface area contributed by atoms with Gasteiger partial charge in [0.25, 0.3) is 10.0 Å². The third-order valence-corrected chi connectivity index (χ3v) is 4.83. The molecule has 0 fully saturated rings. The number of hydrogen-bond donors (Lipinski definition) is 2. The molecule has 0 saturated heterocycles. The second-order valence-electron chi connectivity index (χ2n) is 4.47. The first-order valence-electron chi connectivity index (χ1n) is 6.11. The van der Waals surface area contributed by atoms with Crippen LogP contribution in [-0.2, 0) is 16.6 Å². The van der Waals surface area contributed by atoms with Crippen LogP contribution in [0, 0.1) is 12.7 Å². The highest BCUT2D eigenvalue weighted by Crippen LogP contribution is 2.24. The van der Waals surface area contributed by atoms with Gasteiger partial charge >= 0.3 is 0 Å². The molecule has 0 spiro atoms. The molecule has 7 heteroatoms. The van der Waals surface area contributed by atoms with Crippen LogP contribution in [0.5, 0.6) is 0 Å². The Bertz CT molecular complexity index is 779. The summed E-state index contributed by atoms with van der Waals surface area (Å²) in [6.07, 6.45) is 0. The van der Waals surface area contributed by atoms with Crippen molar-refractivity contribution in [3.05, 3.63) is 58.4 Å². The van der Waals surface area contributed by atoms with Gasteiger partial charge in [0, 0.05) is 11.6 Å². The third-order valence-electron chi connectivity index (χ3n) is 3.08. The monoisotopic (exact) mass is 328 g/mol. The first-order valence-corrected chi connectivity index (χ1v) is 7.97. The molecule has 2 aromatic carbocycles. The Morgan fingerprint density at radius 1 is 1.29 bits per heavy atom. The van der Waals surface area contributed by atoms with Gasteiger partial charge in [-0.1, -0.05) is 23.7 Å². The third kappa shape index (κ3) is 3.34. The molecule has 0 aliphatic rings. The summed E-state index contributed by atoms with van der Waals surface area (Å²) in [4.78, 5) is 0.0693. The lowest BCUT2D eigenvalue weighted by molar-refractivity contribution is 0.598. The molecule has 0 unspecified atom stereocenters. The van der Waals surface area contributed by atoms with Crippen molar-refractivity contribution in [2.45, 2.75) is 18.4 Å². The van der Waals surface area contributed by atoms with Crippen molar-refractivity contribution in [2.75, 3.05) is 4.72 Å². The maximum atomic E-state index is 13.7. The summed E-state index contributed by atoms with van der Waals surface area (Å²) in [5.74, 6) is -0.737. The summed E-state index contributed by atoms with van der Waals surface area (Å²) in [7, 11) is -3.90. The normalized spacial score (nSPS) is 11.4. The zero-order valence-electron chi connectivity index (χ0n) is 11.2. The molecule has 0 saturated carbocycles. The predicted octanol–water partition coefficient (Wildman–Crippen LogP) is 3.05. The molecule has 0 aliphatic carbocycles. The fourth-order valence-electron chi connectivity index (χ4n) is 1.94. The number of halogens is 2. The van der Waals surface area contributed by atoms with Gasteiger partial charge in [0.2, 0.25) is 0 Å². The van der Waals surface area contributed by atoms with Gasteiger partial charge in [-0.05, 0) is 42.3 Å². The Balaban J connectivity index is 2.43. The minimum atomic E-state index is -3.90. The Morgan fingerprint density at radius 2 is 2.00 bits per heavy atom. The summed E-state index contributed by atoms with van der Waals surface area (Å²) in [6, 6.07) is 8.52. The average Bonchev–Trinajstić information content (AvgIpc) is 2.42. The van der Waals surface area contributed by atoms with Gasteiger partial charge in [0.05, 0.1) is 10.6 Å². The number of nitrogens with one attached hydrogen (secondary N) is 1. The zero-order valence-corrected chi connectivity index (χ0v) is 12.8. The van der Waals surface area contributed by atoms with E-state index in [1.165, 1.54) is 18.2 Å². The van der Waals surface area contributed by atoms with E-state index in [9.17, 15) is 12.8 Å². The van der Waals surface area contributed by atoms with E-state index in [1.807, 2.05) is 0 Å². The fraction of sp³-hybridized carbons (Fsp3) is 0.143. The van der Waals surface area contributed by atoms with E-state index in [1.54, 1.807) is 19.1 Å². The van der Waals surface area contributed by atoms with E-state index in [0.717, 1.165) is 11.6 Å². The van der Waals surface area contributed by atoms with Crippen LogP contribution < -0.4 is 10.5 Å². The smallest absolute Gasteiger partial charge is 0.262 e. The highest BCUT2D eigenvalue weighted by molar-refractivity contribution is 7.92. The van der Waals surface area contributed by atoms with Crippen molar-refractivity contribution in [3.63, 3.8) is 0 Å². The molecule has 0 aromatic heterocycles. The molecular weight excluding hydrogens is 315 g/mol. The molecule has 0 atom stereocenters. The lowest BCUT2D eigenvalue weighted by Gasteiger charge is -2.13. The van der Waals surface area contributed by atoms with E-state index >= 15 is 0 Å². The van der Waals surface area contributed by atoms with Gasteiger partial charge in [-0.25, -0.2) is 12.8 Å². The number of rotatable bonds is 4. The van der Waals surface area contributed by atoms with Crippen LogP contribution in [0.15, 0.2) is 41.3 Å². The van der Waals surface area contributed by atoms with Crippen LogP contribution in [0.2, 0.25) is 5.02 Å². The van der Waals surface area contributed by atoms with E-state index in [2.05, 4.69) is 4.72 Å². The molecule has 0 bridgehead atoms. The number of sulfonamides is 1. The first-order chi connectivity index (χ1) is 9.85. The largest absolute Gasteiger partial charge is 0.326 e. The summed E-state index contributed by atoms with van der Waals surface area (Å²) >= 11 is 5.64. The van der Waals surface area contributed by atoms with Crippen LogP contribution >= 0.6 is 11.6 Å². The molecule has 0 amide bonds. The van der Waals surface area contributed by atoms with Gasteiger partial charge in [0.1, 0.15) is 5.82 Å². The number of benzene rings is 2. The van der Waals surface area contributed by atoms with E-state index in [-0.39, 0.29) is 22.2 Å². The molecule has 4 nitrogen and oxygen atoms in total. The molecule has 2 aromatic rings. The number of anilines is 1. The molecule has 2 rings (SSSR count). The van der Waals surface area contributed by atoms with Gasteiger partial charge < -0.3 is 5.73 Å². The SMILES string of the molecule is Cc1c(CN)cccc1S(=O)(=O)Nc1ccc(Cl)cc1F. The standard InChI is InChI=1S/C14H14ClFN2O2S/c1-9-10(8-17)3-2-4-14(9)21(19,20)18-13-6-5-11(15)7-12(13)16/h2-7,18H,8,17H2,1H3. The summed E-state index contributed by atoms with van der Waals surface area (Å²) in [5, 5.41) is 0.191. The Kier molecular flexibility index (Phi) is 4.51. The van der Waals surface area contributed by atoms with Gasteiger partial charge in [-0.15, -0.1) is 0 Å². The molecular formula is C14H14ClFN2O2S. The zero-order chi connectivity index (χ0) is 15.6. The van der Waals surface area contributed by atoms with E-state index in [0.29, 0.717) is 5.56 Å². The molecule has 112 valence electrons. The van der Waals surface area contributed by atoms with Crippen molar-refractivity contribution in [1.29, 1.82) is 0 Å². The van der Waals surface area contributed by atoms with Gasteiger partial charge in [-0.3, -0.25) is 4.72 Å². The number of hydrogen-bond acceptors (Lipinski definition) is 3. The Labute approximate surface area is 127 Å². The van der Waals surface area contributed by atoms with E-state index < -0.39 is 15.8 Å². The molecule has 3 N–H and O–H groups in total. The van der Waals surface area contributed by atoms with Gasteiger partial charge in [0.15, 0.2) is 0 Å². The highest BCUT2D eigenvalue weighted by Gasteiger charge is 2.19. The van der Waals surface area contributed by atoms with Crippen LogP contribution in [0.3, 0.4) is 0 Å². The van der Waals surface area contributed by atoms with Crippen LogP contribution in [-0.4, -0.2) is 8.42 Å². The predicted molar refractivity (Wildman–Crippen MR) is 81.3 cm³/mol. The Morgan fingerprint density at radius 3 is 2.62 bits per heavy atom. The van der Waals surface area contributed by atoms with E-state index in [4.69, 9.17) is 17.3 Å². The quantitative estimate of drug-likeness (QED) is 0.906. The molecule has 0 aliphatic heterocycles. The van der Waals surface area contributed by atoms with Crippen molar-refractivity contribution >= 4 is 27.3 Å². The van der Waals surface area contributed by atoms with Gasteiger partial charge in [-0.2, -0.15) is 0 Å². The topological polar surface area (TPSA) is 72.2 Å². The van der Waals surface area contributed by atoms with Crippen LogP contribution in [0.4, 0.5) is 10.1 Å². The minimum Gasteiger partial charge on any atom is -0.326 e. The van der Waals surface area contributed by atoms with Crippen LogP contribution in [0.25, 0.3) is 0 Å². The Hall–Kier alpha value is -1.63. The van der Waals surface area contributed by atoms with Crippen LogP contribution in [0.1, 0.15) is 11.1 Å². The summed E-state index contributed by atoms with van der Waals surface area (Å²) in [5.41, 5.74) is 6.67. The van der Waals surface area contributed by atoms with Crippen molar-refractivity contribution in [3.8, 4) is 0 Å². The number of nitrogens with two attached hydrogens (primary N) is 1. The first kappa shape index (κ1) is 15.8. The summed E-state index contributed by atoms with van der Waals surface area (Å²) < 4.78 is 40.7. The second-order valence-corrected chi connectivity index (χ2v) is 6.56. The minimum absolute atomic E-state index is 0.0693. The van der Waals surface area contributed by atoms with Crippen molar-refractivity contribution < 1.29 is 12.8 Å². The molecule has 0 heterocycles. The molecule has 21 heavy (non-hydrogen) atoms. The maximum Gasteiger partial charge on any atom is 0.262 e. The summed E-state index contributed by atoms with van der Waals surface area (Å²) in [6.45, 7) is 1.89. The van der Waals surface area contributed by atoms with Crippen molar-refractivity contribution in [2.24, 2.45) is 5.73 Å². The second kappa shape index (κ2) is 6.01. The fourth-order valence-corrected chi connectivity index (χ4v) is 3.46.